The number of alkyl halides is 3. The van der Waals surface area contributed by atoms with Gasteiger partial charge < -0.3 is 4.90 Å². The van der Waals surface area contributed by atoms with Gasteiger partial charge in [0.2, 0.25) is 0 Å². The topological polar surface area (TPSA) is 40.6 Å². The normalized spacial score (nSPS) is 16.2. The number of amides is 3. The molecule has 1 fully saturated rings. The Morgan fingerprint density at radius 3 is 2.35 bits per heavy atom. The van der Waals surface area contributed by atoms with Crippen LogP contribution in [0.3, 0.4) is 0 Å². The Balaban J connectivity index is 2.27. The lowest BCUT2D eigenvalue weighted by Gasteiger charge is -2.18. The summed E-state index contributed by atoms with van der Waals surface area (Å²) >= 11 is 11.5. The molecular formula is C11H7Cl2F3N2O2. The van der Waals surface area contributed by atoms with Gasteiger partial charge in [-0.1, -0.05) is 23.2 Å². The smallest absolute Gasteiger partial charge is 0.306 e. The van der Waals surface area contributed by atoms with E-state index in [0.717, 1.165) is 0 Å². The summed E-state index contributed by atoms with van der Waals surface area (Å²) in [5.74, 6) is -0.752. The maximum Gasteiger partial charge on any atom is 0.406 e. The summed E-state index contributed by atoms with van der Waals surface area (Å²) in [6, 6.07) is 2.90. The molecule has 1 aromatic carbocycles. The zero-order valence-corrected chi connectivity index (χ0v) is 11.3. The van der Waals surface area contributed by atoms with Crippen LogP contribution in [0.5, 0.6) is 0 Å². The van der Waals surface area contributed by atoms with E-state index in [1.165, 1.54) is 18.2 Å². The molecule has 1 heterocycles. The minimum Gasteiger partial charge on any atom is -0.306 e. The van der Waals surface area contributed by atoms with E-state index in [9.17, 15) is 22.8 Å². The van der Waals surface area contributed by atoms with Gasteiger partial charge in [0.15, 0.2) is 0 Å². The highest BCUT2D eigenvalue weighted by molar-refractivity contribution is 6.42. The predicted octanol–water partition coefficient (Wildman–Crippen LogP) is 3.32. The van der Waals surface area contributed by atoms with Gasteiger partial charge in [-0.2, -0.15) is 13.2 Å². The third kappa shape index (κ3) is 2.99. The Hall–Kier alpha value is -1.47. The molecule has 0 bridgehead atoms. The van der Waals surface area contributed by atoms with Gasteiger partial charge in [-0.05, 0) is 18.2 Å². The number of imide groups is 1. The fraction of sp³-hybridized carbons (Fsp3) is 0.273. The van der Waals surface area contributed by atoms with Crippen LogP contribution in [0, 0.1) is 0 Å². The number of anilines is 1. The summed E-state index contributed by atoms with van der Waals surface area (Å²) in [7, 11) is 0. The first-order chi connectivity index (χ1) is 9.19. The van der Waals surface area contributed by atoms with Crippen molar-refractivity contribution >= 4 is 40.8 Å². The first kappa shape index (κ1) is 14.9. The first-order valence-electron chi connectivity index (χ1n) is 5.33. The molecule has 1 saturated heterocycles. The standard InChI is InChI=1S/C11H7Cl2F3N2O2/c12-7-2-1-6(3-8(7)13)18-9(19)4-17(10(18)20)5-11(14,15)16/h1-3H,4-5H2. The summed E-state index contributed by atoms with van der Waals surface area (Å²) in [5, 5.41) is 0.306. The van der Waals surface area contributed by atoms with Gasteiger partial charge in [-0.15, -0.1) is 0 Å². The van der Waals surface area contributed by atoms with E-state index < -0.39 is 31.2 Å². The zero-order valence-electron chi connectivity index (χ0n) is 9.75. The van der Waals surface area contributed by atoms with Crippen LogP contribution in [0.1, 0.15) is 0 Å². The SMILES string of the molecule is O=C1CN(CC(F)(F)F)C(=O)N1c1ccc(Cl)c(Cl)c1. The van der Waals surface area contributed by atoms with Crippen molar-refractivity contribution in [2.75, 3.05) is 18.0 Å². The molecule has 0 unspecified atom stereocenters. The third-order valence-corrected chi connectivity index (χ3v) is 3.31. The highest BCUT2D eigenvalue weighted by Gasteiger charge is 2.42. The van der Waals surface area contributed by atoms with Crippen LogP contribution in [0.25, 0.3) is 0 Å². The van der Waals surface area contributed by atoms with E-state index >= 15 is 0 Å². The number of urea groups is 1. The molecular weight excluding hydrogens is 320 g/mol. The predicted molar refractivity (Wildman–Crippen MR) is 67.0 cm³/mol. The summed E-state index contributed by atoms with van der Waals surface area (Å²) in [4.78, 5) is 24.6. The summed E-state index contributed by atoms with van der Waals surface area (Å²) in [6.45, 7) is -2.10. The molecule has 0 atom stereocenters. The van der Waals surface area contributed by atoms with E-state index in [4.69, 9.17) is 23.2 Å². The molecule has 2 rings (SSSR count). The molecule has 20 heavy (non-hydrogen) atoms. The fourth-order valence-electron chi connectivity index (χ4n) is 1.77. The Morgan fingerprint density at radius 1 is 1.15 bits per heavy atom. The van der Waals surface area contributed by atoms with Crippen LogP contribution in [0.4, 0.5) is 23.7 Å². The van der Waals surface area contributed by atoms with Crippen molar-refractivity contribution in [1.82, 2.24) is 4.90 Å². The molecule has 3 amide bonds. The lowest BCUT2D eigenvalue weighted by atomic mass is 10.3. The van der Waals surface area contributed by atoms with E-state index in [-0.39, 0.29) is 15.7 Å². The molecule has 1 aliphatic heterocycles. The minimum absolute atomic E-state index is 0.0825. The van der Waals surface area contributed by atoms with Crippen molar-refractivity contribution in [3.05, 3.63) is 28.2 Å². The molecule has 0 saturated carbocycles. The number of nitrogens with zero attached hydrogens (tertiary/aromatic N) is 2. The molecule has 0 N–H and O–H groups in total. The van der Waals surface area contributed by atoms with Gasteiger partial charge in [0, 0.05) is 0 Å². The van der Waals surface area contributed by atoms with Crippen LogP contribution in [-0.4, -0.2) is 36.1 Å². The zero-order chi connectivity index (χ0) is 15.1. The van der Waals surface area contributed by atoms with Crippen molar-refractivity contribution in [1.29, 1.82) is 0 Å². The van der Waals surface area contributed by atoms with Crippen molar-refractivity contribution in [2.24, 2.45) is 0 Å². The van der Waals surface area contributed by atoms with Gasteiger partial charge in [0.1, 0.15) is 13.1 Å². The largest absolute Gasteiger partial charge is 0.406 e. The van der Waals surface area contributed by atoms with Crippen LogP contribution >= 0.6 is 23.2 Å². The van der Waals surface area contributed by atoms with Crippen LogP contribution < -0.4 is 4.90 Å². The quantitative estimate of drug-likeness (QED) is 0.782. The van der Waals surface area contributed by atoms with Crippen molar-refractivity contribution in [3.63, 3.8) is 0 Å². The van der Waals surface area contributed by atoms with E-state index in [0.29, 0.717) is 9.80 Å². The maximum atomic E-state index is 12.3. The van der Waals surface area contributed by atoms with Crippen LogP contribution in [-0.2, 0) is 4.79 Å². The van der Waals surface area contributed by atoms with Crippen molar-refractivity contribution in [3.8, 4) is 0 Å². The molecule has 0 aromatic heterocycles. The number of carbonyl (C=O) groups is 2. The monoisotopic (exact) mass is 326 g/mol. The lowest BCUT2D eigenvalue weighted by molar-refractivity contribution is -0.139. The van der Waals surface area contributed by atoms with E-state index in [1.54, 1.807) is 0 Å². The molecule has 1 aliphatic rings. The molecule has 9 heteroatoms. The second kappa shape index (κ2) is 5.14. The fourth-order valence-corrected chi connectivity index (χ4v) is 2.06. The first-order valence-corrected chi connectivity index (χ1v) is 6.08. The maximum absolute atomic E-state index is 12.3. The lowest BCUT2D eigenvalue weighted by Crippen LogP contribution is -2.38. The number of rotatable bonds is 2. The summed E-state index contributed by atoms with van der Waals surface area (Å²) in [5.41, 5.74) is 0.0825. The second-order valence-corrected chi connectivity index (χ2v) is 4.90. The molecule has 1 aromatic rings. The van der Waals surface area contributed by atoms with Gasteiger partial charge in [-0.25, -0.2) is 9.69 Å². The van der Waals surface area contributed by atoms with Gasteiger partial charge >= 0.3 is 12.2 Å². The number of hydrogen-bond donors (Lipinski definition) is 0. The number of carbonyl (C=O) groups excluding carboxylic acids is 2. The van der Waals surface area contributed by atoms with Gasteiger partial charge in [-0.3, -0.25) is 4.79 Å². The molecule has 108 valence electrons. The van der Waals surface area contributed by atoms with Crippen LogP contribution in [0.15, 0.2) is 18.2 Å². The molecule has 4 nitrogen and oxygen atoms in total. The number of hydrogen-bond acceptors (Lipinski definition) is 2. The van der Waals surface area contributed by atoms with Crippen LogP contribution in [0.2, 0.25) is 10.0 Å². The molecule has 0 aliphatic carbocycles. The molecule has 0 radical (unpaired) electrons. The number of halogens is 5. The Kier molecular flexibility index (Phi) is 3.84. The highest BCUT2D eigenvalue weighted by Crippen LogP contribution is 2.30. The third-order valence-electron chi connectivity index (χ3n) is 2.57. The molecule has 0 spiro atoms. The minimum atomic E-state index is -4.57. The van der Waals surface area contributed by atoms with Crippen molar-refractivity contribution in [2.45, 2.75) is 6.18 Å². The van der Waals surface area contributed by atoms with Crippen molar-refractivity contribution < 1.29 is 22.8 Å². The van der Waals surface area contributed by atoms with Gasteiger partial charge in [0.05, 0.1) is 15.7 Å². The summed E-state index contributed by atoms with van der Waals surface area (Å²) < 4.78 is 36.9. The van der Waals surface area contributed by atoms with E-state index in [1.807, 2.05) is 0 Å². The Bertz CT molecular complexity index is 577. The Morgan fingerprint density at radius 2 is 1.80 bits per heavy atom. The second-order valence-electron chi connectivity index (χ2n) is 4.08. The number of benzene rings is 1. The summed E-state index contributed by atoms with van der Waals surface area (Å²) in [6.07, 6.45) is -4.57. The van der Waals surface area contributed by atoms with Gasteiger partial charge in [0.25, 0.3) is 5.91 Å². The van der Waals surface area contributed by atoms with E-state index in [2.05, 4.69) is 0 Å². The average Bonchev–Trinajstić information content (AvgIpc) is 2.56. The average molecular weight is 327 g/mol. The Labute approximate surface area is 121 Å². The highest BCUT2D eigenvalue weighted by atomic mass is 35.5.